The van der Waals surface area contributed by atoms with Gasteiger partial charge in [-0.2, -0.15) is 0 Å². The summed E-state index contributed by atoms with van der Waals surface area (Å²) in [5.74, 6) is -1.62. The molecule has 0 fully saturated rings. The van der Waals surface area contributed by atoms with Crippen molar-refractivity contribution in [2.45, 2.75) is 0 Å². The van der Waals surface area contributed by atoms with Gasteiger partial charge in [-0.15, -0.1) is 0 Å². The Morgan fingerprint density at radius 1 is 1.44 bits per heavy atom. The predicted octanol–water partition coefficient (Wildman–Crippen LogP) is 0.965. The van der Waals surface area contributed by atoms with E-state index in [2.05, 4.69) is 5.32 Å². The molecule has 0 aliphatic heterocycles. The van der Waals surface area contributed by atoms with E-state index >= 15 is 0 Å². The number of hydrogen-bond donors (Lipinski definition) is 2. The lowest BCUT2D eigenvalue weighted by Gasteiger charge is -2.01. The topological polar surface area (TPSA) is 110 Å². The third-order valence-corrected chi connectivity index (χ3v) is 1.96. The van der Waals surface area contributed by atoms with Gasteiger partial charge in [0.15, 0.2) is 0 Å². The summed E-state index contributed by atoms with van der Waals surface area (Å²) in [6, 6.07) is 5.26. The second-order valence-corrected chi connectivity index (χ2v) is 3.26. The van der Waals surface area contributed by atoms with Gasteiger partial charge in [-0.25, -0.2) is 4.79 Å². The molecule has 0 bridgehead atoms. The van der Waals surface area contributed by atoms with Crippen molar-refractivity contribution in [3.8, 4) is 0 Å². The molecule has 0 unspecified atom stereocenters. The largest absolute Gasteiger partial charge is 0.478 e. The number of amides is 1. The molecule has 0 atom stereocenters. The van der Waals surface area contributed by atoms with Gasteiger partial charge in [0.1, 0.15) is 0 Å². The number of carboxylic acids is 1. The number of nitrogens with one attached hydrogen (secondary N) is 1. The summed E-state index contributed by atoms with van der Waals surface area (Å²) in [6.45, 7) is 0.0355. The minimum absolute atomic E-state index is 0.0355. The van der Waals surface area contributed by atoms with E-state index in [0.29, 0.717) is 0 Å². The molecule has 7 nitrogen and oxygen atoms in total. The molecule has 94 valence electrons. The molecule has 2 N–H and O–H groups in total. The number of aliphatic carboxylic acids is 1. The van der Waals surface area contributed by atoms with Crippen LogP contribution in [0.5, 0.6) is 0 Å². The average Bonchev–Trinajstić information content (AvgIpc) is 2.34. The highest BCUT2D eigenvalue weighted by Crippen LogP contribution is 2.12. The number of nitro groups is 1. The van der Waals surface area contributed by atoms with Crippen LogP contribution in [0.15, 0.2) is 36.4 Å². The van der Waals surface area contributed by atoms with Crippen LogP contribution in [0.4, 0.5) is 5.69 Å². The number of carboxylic acid groups (broad SMARTS) is 1. The first-order valence-electron chi connectivity index (χ1n) is 4.93. The molecule has 0 spiro atoms. The summed E-state index contributed by atoms with van der Waals surface area (Å²) in [7, 11) is 0. The average molecular weight is 250 g/mol. The lowest BCUT2D eigenvalue weighted by Crippen LogP contribution is -2.23. The summed E-state index contributed by atoms with van der Waals surface area (Å²) in [5.41, 5.74) is -0.0309. The number of carbonyl (C=O) groups is 2. The Balaban J connectivity index is 2.64. The zero-order valence-electron chi connectivity index (χ0n) is 9.20. The highest BCUT2D eigenvalue weighted by atomic mass is 16.6. The monoisotopic (exact) mass is 250 g/mol. The van der Waals surface area contributed by atoms with Crippen LogP contribution >= 0.6 is 0 Å². The third-order valence-electron chi connectivity index (χ3n) is 1.96. The zero-order chi connectivity index (χ0) is 13.5. The van der Waals surface area contributed by atoms with E-state index in [9.17, 15) is 19.7 Å². The van der Waals surface area contributed by atoms with Gasteiger partial charge in [0.2, 0.25) is 0 Å². The van der Waals surface area contributed by atoms with Crippen LogP contribution in [0.3, 0.4) is 0 Å². The first-order chi connectivity index (χ1) is 8.50. The summed E-state index contributed by atoms with van der Waals surface area (Å²) in [6.07, 6.45) is 2.16. The molecule has 0 saturated heterocycles. The van der Waals surface area contributed by atoms with Crippen LogP contribution in [-0.4, -0.2) is 28.5 Å². The van der Waals surface area contributed by atoms with Crippen LogP contribution in [0, 0.1) is 10.1 Å². The zero-order valence-corrected chi connectivity index (χ0v) is 9.20. The third kappa shape index (κ3) is 4.05. The van der Waals surface area contributed by atoms with Crippen molar-refractivity contribution < 1.29 is 19.6 Å². The van der Waals surface area contributed by atoms with Gasteiger partial charge in [0.05, 0.1) is 4.92 Å². The van der Waals surface area contributed by atoms with Crippen molar-refractivity contribution in [2.24, 2.45) is 0 Å². The highest BCUT2D eigenvalue weighted by molar-refractivity contribution is 5.94. The number of benzene rings is 1. The molecule has 1 aromatic rings. The molecule has 0 saturated carbocycles. The molecule has 18 heavy (non-hydrogen) atoms. The van der Waals surface area contributed by atoms with E-state index in [1.807, 2.05) is 0 Å². The maximum Gasteiger partial charge on any atom is 0.328 e. The summed E-state index contributed by atoms with van der Waals surface area (Å²) in [5, 5.41) is 21.2. The fourth-order valence-electron chi connectivity index (χ4n) is 1.17. The van der Waals surface area contributed by atoms with Gasteiger partial charge >= 0.3 is 5.97 Å². The number of carbonyl (C=O) groups excluding carboxylic acids is 1. The predicted molar refractivity (Wildman–Crippen MR) is 62.2 cm³/mol. The fourth-order valence-corrected chi connectivity index (χ4v) is 1.17. The van der Waals surface area contributed by atoms with E-state index in [1.165, 1.54) is 24.3 Å². The summed E-state index contributed by atoms with van der Waals surface area (Å²) >= 11 is 0. The van der Waals surface area contributed by atoms with E-state index in [-0.39, 0.29) is 17.8 Å². The maximum absolute atomic E-state index is 11.5. The second kappa shape index (κ2) is 6.14. The molecule has 0 aliphatic carbocycles. The molecule has 1 rings (SSSR count). The van der Waals surface area contributed by atoms with Crippen LogP contribution in [0.1, 0.15) is 10.4 Å². The van der Waals surface area contributed by atoms with Crippen LogP contribution in [0.2, 0.25) is 0 Å². The van der Waals surface area contributed by atoms with E-state index < -0.39 is 16.8 Å². The Kier molecular flexibility index (Phi) is 4.56. The lowest BCUT2D eigenvalue weighted by molar-refractivity contribution is -0.384. The Labute approximate surface area is 102 Å². The number of non-ortho nitro benzene ring substituents is 1. The summed E-state index contributed by atoms with van der Waals surface area (Å²) in [4.78, 5) is 31.6. The number of rotatable bonds is 5. The van der Waals surface area contributed by atoms with E-state index in [4.69, 9.17) is 5.11 Å². The Morgan fingerprint density at radius 3 is 2.78 bits per heavy atom. The molecule has 0 aromatic heterocycles. The second-order valence-electron chi connectivity index (χ2n) is 3.26. The van der Waals surface area contributed by atoms with Crippen LogP contribution < -0.4 is 5.32 Å². The Hall–Kier alpha value is -2.70. The van der Waals surface area contributed by atoms with Gasteiger partial charge in [0.25, 0.3) is 11.6 Å². The summed E-state index contributed by atoms with van der Waals surface area (Å²) < 4.78 is 0. The number of nitro benzene ring substituents is 1. The van der Waals surface area contributed by atoms with Crippen molar-refractivity contribution in [1.29, 1.82) is 0 Å². The molecule has 0 aliphatic rings. The first kappa shape index (κ1) is 13.4. The van der Waals surface area contributed by atoms with Crippen molar-refractivity contribution >= 4 is 17.6 Å². The number of nitrogens with zero attached hydrogens (tertiary/aromatic N) is 1. The molecular weight excluding hydrogens is 240 g/mol. The van der Waals surface area contributed by atoms with Crippen molar-refractivity contribution in [3.05, 3.63) is 52.1 Å². The van der Waals surface area contributed by atoms with Gasteiger partial charge in [-0.3, -0.25) is 14.9 Å². The van der Waals surface area contributed by atoms with Crippen molar-refractivity contribution in [2.75, 3.05) is 6.54 Å². The standard InChI is InChI=1S/C11H10N2O5/c14-10(15)5-2-6-12-11(16)8-3-1-4-9(7-8)13(17)18/h1-5,7H,6H2,(H,12,16)(H,14,15)/b5-2+. The quantitative estimate of drug-likeness (QED) is 0.459. The minimum atomic E-state index is -1.11. The Bertz CT molecular complexity index is 510. The molecule has 0 radical (unpaired) electrons. The molecule has 1 amide bonds. The van der Waals surface area contributed by atoms with Gasteiger partial charge in [-0.1, -0.05) is 12.1 Å². The van der Waals surface area contributed by atoms with Crippen LogP contribution in [-0.2, 0) is 4.79 Å². The smallest absolute Gasteiger partial charge is 0.328 e. The SMILES string of the molecule is O=C(O)/C=C/CNC(=O)c1cccc([N+](=O)[O-])c1. The normalized spacial score (nSPS) is 10.2. The Morgan fingerprint density at radius 2 is 2.17 bits per heavy atom. The highest BCUT2D eigenvalue weighted by Gasteiger charge is 2.10. The van der Waals surface area contributed by atoms with Gasteiger partial charge < -0.3 is 10.4 Å². The first-order valence-corrected chi connectivity index (χ1v) is 4.93. The lowest BCUT2D eigenvalue weighted by atomic mass is 10.2. The van der Waals surface area contributed by atoms with Gasteiger partial charge in [0, 0.05) is 30.3 Å². The van der Waals surface area contributed by atoms with E-state index in [1.54, 1.807) is 0 Å². The van der Waals surface area contributed by atoms with E-state index in [0.717, 1.165) is 12.1 Å². The minimum Gasteiger partial charge on any atom is -0.478 e. The molecule has 1 aromatic carbocycles. The van der Waals surface area contributed by atoms with Crippen LogP contribution in [0.25, 0.3) is 0 Å². The fraction of sp³-hybridized carbons (Fsp3) is 0.0909. The molecule has 0 heterocycles. The molecule has 7 heteroatoms. The molecular formula is C11H10N2O5. The van der Waals surface area contributed by atoms with Crippen molar-refractivity contribution in [3.63, 3.8) is 0 Å². The maximum atomic E-state index is 11.5. The van der Waals surface area contributed by atoms with Gasteiger partial charge in [-0.05, 0) is 6.07 Å². The number of hydrogen-bond acceptors (Lipinski definition) is 4. The van der Waals surface area contributed by atoms with Crippen molar-refractivity contribution in [1.82, 2.24) is 5.32 Å².